The van der Waals surface area contributed by atoms with Crippen molar-refractivity contribution in [3.8, 4) is 17.3 Å². The van der Waals surface area contributed by atoms with E-state index in [1.54, 1.807) is 18.3 Å². The van der Waals surface area contributed by atoms with Crippen LogP contribution in [0.1, 0.15) is 17.7 Å². The fourth-order valence-corrected chi connectivity index (χ4v) is 2.82. The zero-order valence-corrected chi connectivity index (χ0v) is 14.4. The molecular formula is C19H18ClN5. The Kier molecular flexibility index (Phi) is 5.44. The van der Waals surface area contributed by atoms with Gasteiger partial charge in [0.1, 0.15) is 6.07 Å². The van der Waals surface area contributed by atoms with E-state index in [0.717, 1.165) is 29.8 Å². The van der Waals surface area contributed by atoms with Gasteiger partial charge < -0.3 is 5.73 Å². The first-order valence-electron chi connectivity index (χ1n) is 8.04. The topological polar surface area (TPSA) is 80.5 Å². The molecule has 3 aromatic rings. The lowest BCUT2D eigenvalue weighted by molar-refractivity contribution is 0.485. The summed E-state index contributed by atoms with van der Waals surface area (Å²) in [6, 6.07) is 15.2. The van der Waals surface area contributed by atoms with Crippen molar-refractivity contribution in [2.45, 2.75) is 25.4 Å². The van der Waals surface area contributed by atoms with Gasteiger partial charge in [0.2, 0.25) is 0 Å². The third-order valence-electron chi connectivity index (χ3n) is 3.94. The summed E-state index contributed by atoms with van der Waals surface area (Å²) in [7, 11) is 0. The zero-order valence-electron chi connectivity index (χ0n) is 13.6. The van der Waals surface area contributed by atoms with Gasteiger partial charge in [0.15, 0.2) is 0 Å². The second kappa shape index (κ2) is 7.93. The van der Waals surface area contributed by atoms with Crippen molar-refractivity contribution in [2.24, 2.45) is 5.73 Å². The highest BCUT2D eigenvalue weighted by Crippen LogP contribution is 2.24. The van der Waals surface area contributed by atoms with E-state index >= 15 is 0 Å². The van der Waals surface area contributed by atoms with Crippen molar-refractivity contribution in [1.29, 1.82) is 5.26 Å². The molecular weight excluding hydrogens is 334 g/mol. The third-order valence-corrected chi connectivity index (χ3v) is 4.26. The number of pyridine rings is 1. The Morgan fingerprint density at radius 1 is 1.24 bits per heavy atom. The number of aryl methyl sites for hydroxylation is 1. The van der Waals surface area contributed by atoms with Gasteiger partial charge in [-0.1, -0.05) is 23.7 Å². The molecule has 0 saturated heterocycles. The molecule has 3 rings (SSSR count). The summed E-state index contributed by atoms with van der Waals surface area (Å²) in [5.41, 5.74) is 9.41. The van der Waals surface area contributed by atoms with Crippen molar-refractivity contribution in [3.05, 3.63) is 71.1 Å². The van der Waals surface area contributed by atoms with Crippen molar-refractivity contribution in [2.75, 3.05) is 0 Å². The number of rotatable bonds is 6. The SMILES string of the molecule is N#Cc1ccc(-c2ccn(C[C@H](N)CCc3ccccn3)n2)cc1Cl. The molecule has 0 radical (unpaired) electrons. The normalized spacial score (nSPS) is 11.9. The van der Waals surface area contributed by atoms with Crippen LogP contribution in [0.3, 0.4) is 0 Å². The maximum Gasteiger partial charge on any atom is 0.101 e. The summed E-state index contributed by atoms with van der Waals surface area (Å²) in [6.07, 6.45) is 5.39. The van der Waals surface area contributed by atoms with Gasteiger partial charge in [-0.15, -0.1) is 0 Å². The van der Waals surface area contributed by atoms with Crippen LogP contribution >= 0.6 is 11.6 Å². The predicted octanol–water partition coefficient (Wildman–Crippen LogP) is 3.43. The molecule has 0 saturated carbocycles. The molecule has 0 aliphatic carbocycles. The zero-order chi connectivity index (χ0) is 17.6. The average Bonchev–Trinajstić information content (AvgIpc) is 3.09. The van der Waals surface area contributed by atoms with E-state index in [2.05, 4.69) is 16.2 Å². The average molecular weight is 352 g/mol. The second-order valence-corrected chi connectivity index (χ2v) is 6.26. The molecule has 25 heavy (non-hydrogen) atoms. The smallest absolute Gasteiger partial charge is 0.101 e. The van der Waals surface area contributed by atoms with E-state index in [0.29, 0.717) is 17.1 Å². The molecule has 0 aliphatic heterocycles. The lowest BCUT2D eigenvalue weighted by atomic mass is 10.1. The van der Waals surface area contributed by atoms with Crippen LogP contribution in [-0.2, 0) is 13.0 Å². The molecule has 1 atom stereocenters. The van der Waals surface area contributed by atoms with Crippen molar-refractivity contribution in [3.63, 3.8) is 0 Å². The molecule has 0 bridgehead atoms. The van der Waals surface area contributed by atoms with Crippen LogP contribution in [0.25, 0.3) is 11.3 Å². The molecule has 0 fully saturated rings. The minimum atomic E-state index is -0.000640. The van der Waals surface area contributed by atoms with E-state index in [1.165, 1.54) is 0 Å². The number of nitrogens with two attached hydrogens (primary N) is 1. The first-order chi connectivity index (χ1) is 12.2. The minimum Gasteiger partial charge on any atom is -0.326 e. The van der Waals surface area contributed by atoms with Gasteiger partial charge in [-0.05, 0) is 43.2 Å². The maximum atomic E-state index is 8.94. The summed E-state index contributed by atoms with van der Waals surface area (Å²) >= 11 is 6.09. The summed E-state index contributed by atoms with van der Waals surface area (Å²) in [5.74, 6) is 0. The number of nitriles is 1. The maximum absolute atomic E-state index is 8.94. The van der Waals surface area contributed by atoms with Gasteiger partial charge in [-0.25, -0.2) is 0 Å². The van der Waals surface area contributed by atoms with Crippen LogP contribution in [0.4, 0.5) is 0 Å². The van der Waals surface area contributed by atoms with Crippen LogP contribution in [0.2, 0.25) is 5.02 Å². The highest BCUT2D eigenvalue weighted by Gasteiger charge is 2.09. The second-order valence-electron chi connectivity index (χ2n) is 5.85. The van der Waals surface area contributed by atoms with Crippen LogP contribution < -0.4 is 5.73 Å². The van der Waals surface area contributed by atoms with Crippen molar-refractivity contribution in [1.82, 2.24) is 14.8 Å². The van der Waals surface area contributed by atoms with Crippen LogP contribution in [0.5, 0.6) is 0 Å². The van der Waals surface area contributed by atoms with Gasteiger partial charge in [0, 0.05) is 29.7 Å². The monoisotopic (exact) mass is 351 g/mol. The van der Waals surface area contributed by atoms with E-state index in [-0.39, 0.29) is 6.04 Å². The Labute approximate surface area is 151 Å². The Hall–Kier alpha value is -2.68. The molecule has 1 aromatic carbocycles. The first-order valence-corrected chi connectivity index (χ1v) is 8.42. The highest BCUT2D eigenvalue weighted by atomic mass is 35.5. The van der Waals surface area contributed by atoms with E-state index in [4.69, 9.17) is 22.6 Å². The number of benzene rings is 1. The minimum absolute atomic E-state index is 0.000640. The molecule has 2 aromatic heterocycles. The van der Waals surface area contributed by atoms with Gasteiger partial charge in [-0.3, -0.25) is 9.67 Å². The lowest BCUT2D eigenvalue weighted by Crippen LogP contribution is -2.27. The fourth-order valence-electron chi connectivity index (χ4n) is 2.59. The van der Waals surface area contributed by atoms with E-state index in [9.17, 15) is 0 Å². The molecule has 5 nitrogen and oxygen atoms in total. The van der Waals surface area contributed by atoms with Crippen LogP contribution in [0.15, 0.2) is 54.9 Å². The third kappa shape index (κ3) is 4.44. The lowest BCUT2D eigenvalue weighted by Gasteiger charge is -2.11. The largest absolute Gasteiger partial charge is 0.326 e. The molecule has 0 amide bonds. The van der Waals surface area contributed by atoms with Crippen LogP contribution in [-0.4, -0.2) is 20.8 Å². The molecule has 0 spiro atoms. The predicted molar refractivity (Wildman–Crippen MR) is 97.9 cm³/mol. The standard InChI is InChI=1S/C19H18ClN5/c20-18-11-14(4-5-15(18)12-21)19-8-10-25(24-19)13-16(22)6-7-17-3-1-2-9-23-17/h1-5,8-11,16H,6-7,13,22H2/t16-/m1/s1. The number of hydrogen-bond acceptors (Lipinski definition) is 4. The fraction of sp³-hybridized carbons (Fsp3) is 0.211. The van der Waals surface area contributed by atoms with Crippen molar-refractivity contribution < 1.29 is 0 Å². The molecule has 6 heteroatoms. The molecule has 2 heterocycles. The summed E-state index contributed by atoms with van der Waals surface area (Å²) in [5, 5.41) is 13.9. The Morgan fingerprint density at radius 2 is 2.12 bits per heavy atom. The number of hydrogen-bond donors (Lipinski definition) is 1. The molecule has 0 unspecified atom stereocenters. The number of halogens is 1. The number of aromatic nitrogens is 3. The Bertz CT molecular complexity index is 882. The summed E-state index contributed by atoms with van der Waals surface area (Å²) < 4.78 is 1.84. The molecule has 2 N–H and O–H groups in total. The first kappa shape index (κ1) is 17.2. The van der Waals surface area contributed by atoms with Gasteiger partial charge in [-0.2, -0.15) is 10.4 Å². The van der Waals surface area contributed by atoms with Gasteiger partial charge >= 0.3 is 0 Å². The quantitative estimate of drug-likeness (QED) is 0.737. The highest BCUT2D eigenvalue weighted by molar-refractivity contribution is 6.32. The summed E-state index contributed by atoms with van der Waals surface area (Å²) in [6.45, 7) is 0.636. The number of nitrogens with zero attached hydrogens (tertiary/aromatic N) is 4. The molecule has 126 valence electrons. The Balaban J connectivity index is 1.61. The van der Waals surface area contributed by atoms with Gasteiger partial charge in [0.25, 0.3) is 0 Å². The van der Waals surface area contributed by atoms with Gasteiger partial charge in [0.05, 0.1) is 22.8 Å². The van der Waals surface area contributed by atoms with Crippen LogP contribution in [0, 0.1) is 11.3 Å². The Morgan fingerprint density at radius 3 is 2.84 bits per heavy atom. The van der Waals surface area contributed by atoms with E-state index < -0.39 is 0 Å². The summed E-state index contributed by atoms with van der Waals surface area (Å²) in [4.78, 5) is 4.31. The van der Waals surface area contributed by atoms with E-state index in [1.807, 2.05) is 41.2 Å². The van der Waals surface area contributed by atoms with Crippen molar-refractivity contribution >= 4 is 11.6 Å². The molecule has 0 aliphatic rings.